The van der Waals surface area contributed by atoms with Gasteiger partial charge in [0, 0.05) is 6.04 Å². The summed E-state index contributed by atoms with van der Waals surface area (Å²) in [6.07, 6.45) is 1.25. The van der Waals surface area contributed by atoms with Crippen molar-refractivity contribution in [1.82, 2.24) is 5.32 Å². The van der Waals surface area contributed by atoms with Crippen LogP contribution in [0.3, 0.4) is 0 Å². The second kappa shape index (κ2) is 4.89. The highest BCUT2D eigenvalue weighted by molar-refractivity contribution is 7.89. The summed E-state index contributed by atoms with van der Waals surface area (Å²) in [5, 5.41) is 8.60. The molecule has 19 heavy (non-hydrogen) atoms. The molecular weight excluding hydrogens is 260 g/mol. The third-order valence-corrected chi connectivity index (χ3v) is 4.99. The Morgan fingerprint density at radius 1 is 1.47 bits per heavy atom. The summed E-state index contributed by atoms with van der Waals surface area (Å²) >= 11 is 0. The third kappa shape index (κ3) is 3.55. The lowest BCUT2D eigenvalue weighted by Gasteiger charge is -2.15. The quantitative estimate of drug-likeness (QED) is 0.868. The van der Waals surface area contributed by atoms with E-state index in [0.29, 0.717) is 5.41 Å². The molecule has 1 aromatic carbocycles. The number of hydrogen-bond donors (Lipinski definition) is 2. The molecule has 1 aliphatic rings. The highest BCUT2D eigenvalue weighted by atomic mass is 32.2. The number of primary sulfonamides is 1. The van der Waals surface area contributed by atoms with Crippen molar-refractivity contribution in [2.75, 3.05) is 6.54 Å². The lowest BCUT2D eigenvalue weighted by atomic mass is 10.1. The van der Waals surface area contributed by atoms with Crippen molar-refractivity contribution in [3.63, 3.8) is 0 Å². The molecule has 2 atom stereocenters. The molecule has 106 valence electrons. The fourth-order valence-electron chi connectivity index (χ4n) is 2.32. The van der Waals surface area contributed by atoms with Crippen molar-refractivity contribution < 1.29 is 8.42 Å². The minimum atomic E-state index is -3.62. The number of rotatable bonds is 5. The first kappa shape index (κ1) is 14.5. The maximum absolute atomic E-state index is 11.3. The average Bonchev–Trinajstić information content (AvgIpc) is 2.93. The summed E-state index contributed by atoms with van der Waals surface area (Å²) in [6, 6.07) is 6.94. The van der Waals surface area contributed by atoms with Crippen LogP contribution in [0.1, 0.15) is 38.8 Å². The molecule has 0 aromatic heterocycles. The van der Waals surface area contributed by atoms with Gasteiger partial charge in [0.05, 0.1) is 4.90 Å². The summed E-state index contributed by atoms with van der Waals surface area (Å²) in [5.74, 6) is 0.719. The van der Waals surface area contributed by atoms with Gasteiger partial charge >= 0.3 is 0 Å². The van der Waals surface area contributed by atoms with Gasteiger partial charge in [0.1, 0.15) is 0 Å². The molecule has 0 bridgehead atoms. The SMILES string of the molecule is CC(NCC1CC1(C)C)c1cccc(S(N)(=O)=O)c1. The van der Waals surface area contributed by atoms with Crippen LogP contribution in [0, 0.1) is 11.3 Å². The Labute approximate surface area is 115 Å². The summed E-state index contributed by atoms with van der Waals surface area (Å²) in [4.78, 5) is 0.172. The van der Waals surface area contributed by atoms with Crippen molar-refractivity contribution in [2.24, 2.45) is 16.5 Å². The lowest BCUT2D eigenvalue weighted by Crippen LogP contribution is -2.23. The van der Waals surface area contributed by atoms with E-state index in [0.717, 1.165) is 18.0 Å². The van der Waals surface area contributed by atoms with Crippen LogP contribution in [-0.4, -0.2) is 15.0 Å². The van der Waals surface area contributed by atoms with Crippen molar-refractivity contribution in [1.29, 1.82) is 0 Å². The first-order valence-corrected chi connectivity index (χ1v) is 8.11. The van der Waals surface area contributed by atoms with E-state index in [4.69, 9.17) is 5.14 Å². The van der Waals surface area contributed by atoms with Crippen molar-refractivity contribution in [2.45, 2.75) is 38.1 Å². The van der Waals surface area contributed by atoms with Crippen molar-refractivity contribution in [3.05, 3.63) is 29.8 Å². The zero-order valence-corrected chi connectivity index (χ0v) is 12.5. The molecule has 2 unspecified atom stereocenters. The van der Waals surface area contributed by atoms with E-state index in [1.165, 1.54) is 12.5 Å². The summed E-state index contributed by atoms with van der Waals surface area (Å²) in [6.45, 7) is 7.54. The monoisotopic (exact) mass is 282 g/mol. The zero-order chi connectivity index (χ0) is 14.3. The Bertz CT molecular complexity index is 567. The third-order valence-electron chi connectivity index (χ3n) is 4.07. The number of benzene rings is 1. The lowest BCUT2D eigenvalue weighted by molar-refractivity contribution is 0.484. The highest BCUT2D eigenvalue weighted by Gasteiger charge is 2.44. The Morgan fingerprint density at radius 2 is 2.11 bits per heavy atom. The van der Waals surface area contributed by atoms with Gasteiger partial charge in [0.15, 0.2) is 0 Å². The highest BCUT2D eigenvalue weighted by Crippen LogP contribution is 2.51. The van der Waals surface area contributed by atoms with E-state index in [2.05, 4.69) is 19.2 Å². The minimum Gasteiger partial charge on any atom is -0.310 e. The van der Waals surface area contributed by atoms with E-state index >= 15 is 0 Å². The van der Waals surface area contributed by atoms with E-state index in [1.54, 1.807) is 12.1 Å². The van der Waals surface area contributed by atoms with Gasteiger partial charge < -0.3 is 5.32 Å². The Hall–Kier alpha value is -0.910. The van der Waals surface area contributed by atoms with E-state index in [9.17, 15) is 8.42 Å². The number of sulfonamides is 1. The van der Waals surface area contributed by atoms with E-state index in [1.807, 2.05) is 13.0 Å². The Morgan fingerprint density at radius 3 is 2.63 bits per heavy atom. The van der Waals surface area contributed by atoms with Gasteiger partial charge in [-0.15, -0.1) is 0 Å². The predicted octanol–water partition coefficient (Wildman–Crippen LogP) is 2.03. The summed E-state index contributed by atoms with van der Waals surface area (Å²) in [5.41, 5.74) is 1.40. The molecule has 1 aromatic rings. The van der Waals surface area contributed by atoms with Gasteiger partial charge in [-0.3, -0.25) is 0 Å². The summed E-state index contributed by atoms with van der Waals surface area (Å²) in [7, 11) is -3.62. The number of nitrogens with two attached hydrogens (primary N) is 1. The van der Waals surface area contributed by atoms with Crippen LogP contribution in [0.25, 0.3) is 0 Å². The molecule has 3 N–H and O–H groups in total. The van der Waals surface area contributed by atoms with Crippen LogP contribution in [0.5, 0.6) is 0 Å². The maximum atomic E-state index is 11.3. The zero-order valence-electron chi connectivity index (χ0n) is 11.7. The fourth-order valence-corrected chi connectivity index (χ4v) is 2.89. The van der Waals surface area contributed by atoms with Crippen LogP contribution in [0.15, 0.2) is 29.2 Å². The van der Waals surface area contributed by atoms with Crippen LogP contribution >= 0.6 is 0 Å². The fraction of sp³-hybridized carbons (Fsp3) is 0.571. The molecule has 1 fully saturated rings. The summed E-state index contributed by atoms with van der Waals surface area (Å²) < 4.78 is 22.7. The molecule has 1 saturated carbocycles. The van der Waals surface area contributed by atoms with Crippen LogP contribution < -0.4 is 10.5 Å². The van der Waals surface area contributed by atoms with Gasteiger partial charge in [-0.2, -0.15) is 0 Å². The molecule has 0 radical (unpaired) electrons. The molecule has 2 rings (SSSR count). The Kier molecular flexibility index (Phi) is 3.73. The number of hydrogen-bond acceptors (Lipinski definition) is 3. The molecule has 0 amide bonds. The molecule has 0 spiro atoms. The predicted molar refractivity (Wildman–Crippen MR) is 76.1 cm³/mol. The van der Waals surface area contributed by atoms with Gasteiger partial charge in [0.25, 0.3) is 0 Å². The normalized spacial score (nSPS) is 23.1. The Balaban J connectivity index is 2.01. The standard InChI is InChI=1S/C14H22N2O2S/c1-10(16-9-12-8-14(12,2)3)11-5-4-6-13(7-11)19(15,17)18/h4-7,10,12,16H,8-9H2,1-3H3,(H2,15,17,18). The van der Waals surface area contributed by atoms with Crippen molar-refractivity contribution >= 4 is 10.0 Å². The minimum absolute atomic E-state index is 0.123. The molecule has 0 saturated heterocycles. The van der Waals surface area contributed by atoms with Gasteiger partial charge in [-0.05, 0) is 48.9 Å². The molecule has 0 heterocycles. The van der Waals surface area contributed by atoms with E-state index in [-0.39, 0.29) is 10.9 Å². The first-order valence-electron chi connectivity index (χ1n) is 6.56. The van der Waals surface area contributed by atoms with Crippen molar-refractivity contribution in [3.8, 4) is 0 Å². The molecule has 5 heteroatoms. The van der Waals surface area contributed by atoms with Crippen LogP contribution in [-0.2, 0) is 10.0 Å². The van der Waals surface area contributed by atoms with Gasteiger partial charge in [-0.25, -0.2) is 13.6 Å². The van der Waals surface area contributed by atoms with Crippen LogP contribution in [0.4, 0.5) is 0 Å². The van der Waals surface area contributed by atoms with Gasteiger partial charge in [-0.1, -0.05) is 26.0 Å². The van der Waals surface area contributed by atoms with E-state index < -0.39 is 10.0 Å². The average molecular weight is 282 g/mol. The molecule has 4 nitrogen and oxygen atoms in total. The second-order valence-corrected chi connectivity index (χ2v) is 7.70. The number of nitrogens with one attached hydrogen (secondary N) is 1. The topological polar surface area (TPSA) is 72.2 Å². The molecule has 1 aliphatic carbocycles. The smallest absolute Gasteiger partial charge is 0.238 e. The van der Waals surface area contributed by atoms with Gasteiger partial charge in [0.2, 0.25) is 10.0 Å². The largest absolute Gasteiger partial charge is 0.310 e. The molecular formula is C14H22N2O2S. The first-order chi connectivity index (χ1) is 8.70. The van der Waals surface area contributed by atoms with Crippen LogP contribution in [0.2, 0.25) is 0 Å². The maximum Gasteiger partial charge on any atom is 0.238 e. The second-order valence-electron chi connectivity index (χ2n) is 6.14. The molecule has 0 aliphatic heterocycles.